The lowest BCUT2D eigenvalue weighted by molar-refractivity contribution is 0.0724. The smallest absolute Gasteiger partial charge is 0.169 e. The van der Waals surface area contributed by atoms with Crippen LogP contribution in [-0.2, 0) is 19.3 Å². The molecule has 142 valence electrons. The van der Waals surface area contributed by atoms with Gasteiger partial charge in [0.1, 0.15) is 0 Å². The van der Waals surface area contributed by atoms with Crippen molar-refractivity contribution in [2.45, 2.75) is 38.5 Å². The first-order chi connectivity index (χ1) is 14.2. The number of carbonyl (C=O) groups is 1. The summed E-state index contributed by atoms with van der Waals surface area (Å²) in [5, 5.41) is 9.21. The number of carbonyl (C=O) groups excluding carboxylic acids is 1. The highest BCUT2D eigenvalue weighted by Crippen LogP contribution is 2.45. The number of ketones is 1. The molecule has 0 aromatic heterocycles. The zero-order valence-corrected chi connectivity index (χ0v) is 16.4. The monoisotopic (exact) mass is 377 g/mol. The number of hydrogen-bond donors (Lipinski definition) is 0. The van der Waals surface area contributed by atoms with E-state index in [9.17, 15) is 10.1 Å². The summed E-state index contributed by atoms with van der Waals surface area (Å²) < 4.78 is 0. The first kappa shape index (κ1) is 17.9. The van der Waals surface area contributed by atoms with Crippen LogP contribution in [0, 0.1) is 16.7 Å². The van der Waals surface area contributed by atoms with Crippen LogP contribution in [0.5, 0.6) is 0 Å². The Hall–Kier alpha value is -3.18. The van der Waals surface area contributed by atoms with Crippen molar-refractivity contribution < 1.29 is 4.79 Å². The standard InChI is InChI=1S/C27H23NO/c28-18-19-4-3-7-23(16-19)24-9-8-22-12-15-27(26(29)25(22)17-24)13-10-20-5-1-2-6-21(20)11-14-27/h1-9,16-17H,10-15H2. The molecule has 0 unspecified atom stereocenters. The van der Waals surface area contributed by atoms with Gasteiger partial charge in [-0.05, 0) is 84.5 Å². The number of hydrogen-bond acceptors (Lipinski definition) is 2. The van der Waals surface area contributed by atoms with Crippen LogP contribution in [0.25, 0.3) is 11.1 Å². The van der Waals surface area contributed by atoms with Gasteiger partial charge in [0.05, 0.1) is 11.6 Å². The van der Waals surface area contributed by atoms with Crippen molar-refractivity contribution in [1.29, 1.82) is 5.26 Å². The maximum Gasteiger partial charge on any atom is 0.169 e. The molecule has 0 bridgehead atoms. The summed E-state index contributed by atoms with van der Waals surface area (Å²) in [6, 6.07) is 24.7. The second kappa shape index (κ2) is 7.01. The average molecular weight is 377 g/mol. The number of nitrogens with zero attached hydrogens (tertiary/aromatic N) is 1. The van der Waals surface area contributed by atoms with Crippen molar-refractivity contribution in [3.8, 4) is 17.2 Å². The number of Topliss-reactive ketones (excluding diaryl/α,β-unsaturated/α-hetero) is 1. The predicted octanol–water partition coefficient (Wildman–Crippen LogP) is 5.92. The van der Waals surface area contributed by atoms with Gasteiger partial charge in [-0.1, -0.05) is 48.5 Å². The van der Waals surface area contributed by atoms with Crippen LogP contribution in [0.3, 0.4) is 0 Å². The molecule has 0 saturated carbocycles. The lowest BCUT2D eigenvalue weighted by Crippen LogP contribution is -2.36. The van der Waals surface area contributed by atoms with Gasteiger partial charge in [0, 0.05) is 11.0 Å². The van der Waals surface area contributed by atoms with Gasteiger partial charge in [0.25, 0.3) is 0 Å². The van der Waals surface area contributed by atoms with Crippen LogP contribution in [-0.4, -0.2) is 5.78 Å². The molecule has 1 spiro atoms. The molecule has 0 saturated heterocycles. The lowest BCUT2D eigenvalue weighted by atomic mass is 9.66. The van der Waals surface area contributed by atoms with Gasteiger partial charge >= 0.3 is 0 Å². The Kier molecular flexibility index (Phi) is 4.32. The second-order valence-electron chi connectivity index (χ2n) is 8.44. The van der Waals surface area contributed by atoms with Crippen LogP contribution in [0.15, 0.2) is 66.7 Å². The molecular weight excluding hydrogens is 354 g/mol. The molecule has 29 heavy (non-hydrogen) atoms. The third-order valence-electron chi connectivity index (χ3n) is 6.90. The molecular formula is C27H23NO. The fraction of sp³-hybridized carbons (Fsp3) is 0.259. The van der Waals surface area contributed by atoms with Crippen LogP contribution in [0.2, 0.25) is 0 Å². The van der Waals surface area contributed by atoms with Crippen LogP contribution < -0.4 is 0 Å². The normalized spacial score (nSPS) is 17.1. The quantitative estimate of drug-likeness (QED) is 0.528. The molecule has 0 heterocycles. The van der Waals surface area contributed by atoms with Gasteiger partial charge in [-0.15, -0.1) is 0 Å². The number of benzene rings is 3. The van der Waals surface area contributed by atoms with E-state index in [2.05, 4.69) is 48.5 Å². The molecule has 0 atom stereocenters. The zero-order valence-electron chi connectivity index (χ0n) is 16.4. The molecule has 3 aromatic carbocycles. The minimum atomic E-state index is -0.237. The van der Waals surface area contributed by atoms with E-state index in [4.69, 9.17) is 0 Å². The summed E-state index contributed by atoms with van der Waals surface area (Å²) in [6.45, 7) is 0. The number of nitriles is 1. The SMILES string of the molecule is N#Cc1cccc(-c2ccc3c(c2)C(=O)C2(CCc4ccccc4CC2)CC3)c1. The van der Waals surface area contributed by atoms with Gasteiger partial charge in [-0.25, -0.2) is 0 Å². The first-order valence-electron chi connectivity index (χ1n) is 10.4. The highest BCUT2D eigenvalue weighted by molar-refractivity contribution is 6.03. The van der Waals surface area contributed by atoms with Gasteiger partial charge < -0.3 is 0 Å². The van der Waals surface area contributed by atoms with E-state index < -0.39 is 0 Å². The Morgan fingerprint density at radius 2 is 1.38 bits per heavy atom. The van der Waals surface area contributed by atoms with Crippen molar-refractivity contribution in [3.05, 3.63) is 94.5 Å². The lowest BCUT2D eigenvalue weighted by Gasteiger charge is -2.36. The summed E-state index contributed by atoms with van der Waals surface area (Å²) in [7, 11) is 0. The number of aryl methyl sites for hydroxylation is 3. The number of rotatable bonds is 1. The third-order valence-corrected chi connectivity index (χ3v) is 6.90. The van der Waals surface area contributed by atoms with Crippen molar-refractivity contribution in [2.24, 2.45) is 5.41 Å². The molecule has 2 aliphatic carbocycles. The molecule has 2 heteroatoms. The van der Waals surface area contributed by atoms with E-state index in [1.165, 1.54) is 16.7 Å². The maximum absolute atomic E-state index is 13.8. The third kappa shape index (κ3) is 3.08. The van der Waals surface area contributed by atoms with Gasteiger partial charge in [0.2, 0.25) is 0 Å². The molecule has 0 amide bonds. The van der Waals surface area contributed by atoms with E-state index >= 15 is 0 Å². The Bertz CT molecular complexity index is 1120. The maximum atomic E-state index is 13.8. The Morgan fingerprint density at radius 3 is 2.07 bits per heavy atom. The van der Waals surface area contributed by atoms with E-state index in [-0.39, 0.29) is 5.41 Å². The summed E-state index contributed by atoms with van der Waals surface area (Å²) >= 11 is 0. The molecule has 0 aliphatic heterocycles. The summed E-state index contributed by atoms with van der Waals surface area (Å²) in [4.78, 5) is 13.8. The van der Waals surface area contributed by atoms with Crippen molar-refractivity contribution in [2.75, 3.05) is 0 Å². The Balaban J connectivity index is 1.50. The number of fused-ring (bicyclic) bond motifs is 2. The minimum absolute atomic E-state index is 0.237. The van der Waals surface area contributed by atoms with E-state index in [1.54, 1.807) is 0 Å². The topological polar surface area (TPSA) is 40.9 Å². The molecule has 3 aromatic rings. The van der Waals surface area contributed by atoms with Crippen molar-refractivity contribution >= 4 is 5.78 Å². The van der Waals surface area contributed by atoms with Gasteiger partial charge in [0.15, 0.2) is 5.78 Å². The Labute approximate surface area is 171 Å². The molecule has 0 N–H and O–H groups in total. The van der Waals surface area contributed by atoms with Crippen molar-refractivity contribution in [1.82, 2.24) is 0 Å². The van der Waals surface area contributed by atoms with Crippen molar-refractivity contribution in [3.63, 3.8) is 0 Å². The first-order valence-corrected chi connectivity index (χ1v) is 10.4. The van der Waals surface area contributed by atoms with Gasteiger partial charge in [-0.3, -0.25) is 4.79 Å². The largest absolute Gasteiger partial charge is 0.294 e. The summed E-state index contributed by atoms with van der Waals surface area (Å²) in [5.41, 5.74) is 7.29. The molecule has 5 rings (SSSR count). The minimum Gasteiger partial charge on any atom is -0.294 e. The van der Waals surface area contributed by atoms with E-state index in [0.29, 0.717) is 11.3 Å². The fourth-order valence-electron chi connectivity index (χ4n) is 5.12. The Morgan fingerprint density at radius 1 is 0.724 bits per heavy atom. The molecule has 2 aliphatic rings. The zero-order chi connectivity index (χ0) is 19.8. The predicted molar refractivity (Wildman–Crippen MR) is 115 cm³/mol. The average Bonchev–Trinajstić information content (AvgIpc) is 2.97. The summed E-state index contributed by atoms with van der Waals surface area (Å²) in [6.07, 6.45) is 5.78. The van der Waals surface area contributed by atoms with Crippen LogP contribution in [0.1, 0.15) is 51.9 Å². The van der Waals surface area contributed by atoms with Gasteiger partial charge in [-0.2, -0.15) is 5.26 Å². The molecule has 2 nitrogen and oxygen atoms in total. The van der Waals surface area contributed by atoms with E-state index in [0.717, 1.165) is 55.2 Å². The van der Waals surface area contributed by atoms with Crippen LogP contribution in [0.4, 0.5) is 0 Å². The van der Waals surface area contributed by atoms with E-state index in [1.807, 2.05) is 24.3 Å². The second-order valence-corrected chi connectivity index (χ2v) is 8.44. The molecule has 0 radical (unpaired) electrons. The summed E-state index contributed by atoms with van der Waals surface area (Å²) in [5.74, 6) is 0.324. The van der Waals surface area contributed by atoms with Crippen LogP contribution >= 0.6 is 0 Å². The highest BCUT2D eigenvalue weighted by Gasteiger charge is 2.42. The fourth-order valence-corrected chi connectivity index (χ4v) is 5.12. The highest BCUT2D eigenvalue weighted by atomic mass is 16.1. The molecule has 0 fully saturated rings.